The van der Waals surface area contributed by atoms with E-state index in [1.165, 1.54) is 68.3 Å². The summed E-state index contributed by atoms with van der Waals surface area (Å²) in [5.41, 5.74) is 8.62. The van der Waals surface area contributed by atoms with Gasteiger partial charge in [0.2, 0.25) is 0 Å². The Balaban J connectivity index is 0.000000207. The minimum Gasteiger partial charge on any atom is -0.214 e. The molecule has 0 heterocycles. The summed E-state index contributed by atoms with van der Waals surface area (Å²) < 4.78 is 3.34. The Bertz CT molecular complexity index is 1170. The van der Waals surface area contributed by atoms with Gasteiger partial charge in [0.1, 0.15) is 0 Å². The molecule has 4 aliphatic rings. The van der Waals surface area contributed by atoms with Gasteiger partial charge in [-0.25, -0.2) is 29.2 Å². The summed E-state index contributed by atoms with van der Waals surface area (Å²) in [4.78, 5) is 0. The third kappa shape index (κ3) is 6.40. The molecule has 2 fully saturated rings. The Kier molecular flexibility index (Phi) is 10.6. The molecule has 0 aromatic heterocycles. The molecule has 206 valence electrons. The number of allylic oxidation sites excluding steroid dienone is 2. The molecule has 5 atom stereocenters. The second kappa shape index (κ2) is 13.7. The second-order valence-corrected chi connectivity index (χ2v) is 12.5. The van der Waals surface area contributed by atoms with Crippen LogP contribution in [-0.4, -0.2) is 4.21 Å². The number of aryl methyl sites for hydroxylation is 1. The molecule has 4 aliphatic carbocycles. The SMILES string of the molecule is C[C-]1C2=C3Cc4ccccc4C3C3CCCCC3C2CC(C)C1(C)C.Cc1c[c-]ccc1.[CH2]=[Zr].c1cc[cH-]c1. The van der Waals surface area contributed by atoms with Crippen molar-refractivity contribution in [2.45, 2.75) is 79.1 Å². The molecule has 1 heteroatoms. The summed E-state index contributed by atoms with van der Waals surface area (Å²) in [5.74, 6) is 6.00. The maximum Gasteiger partial charge on any atom is -0.172 e. The normalized spacial score (nSPS) is 27.5. The zero-order valence-corrected chi connectivity index (χ0v) is 27.3. The zero-order valence-electron chi connectivity index (χ0n) is 24.8. The van der Waals surface area contributed by atoms with Crippen LogP contribution in [-0.2, 0) is 30.7 Å². The maximum absolute atomic E-state index is 3.34. The number of rotatable bonds is 0. The van der Waals surface area contributed by atoms with Crippen molar-refractivity contribution in [2.75, 3.05) is 0 Å². The fourth-order valence-corrected chi connectivity index (χ4v) is 7.81. The Hall–Kier alpha value is -1.85. The molecule has 0 saturated heterocycles. The molecule has 3 aromatic rings. The van der Waals surface area contributed by atoms with Crippen molar-refractivity contribution in [3.63, 3.8) is 0 Å². The van der Waals surface area contributed by atoms with Crippen LogP contribution in [0.2, 0.25) is 0 Å². The topological polar surface area (TPSA) is 0 Å². The third-order valence-electron chi connectivity index (χ3n) is 10.3. The molecule has 0 amide bonds. The van der Waals surface area contributed by atoms with E-state index in [2.05, 4.69) is 75.2 Å². The largest absolute Gasteiger partial charge is 0.214 e. The van der Waals surface area contributed by atoms with Gasteiger partial charge in [0, 0.05) is 0 Å². The minimum absolute atomic E-state index is 0.361. The molecule has 7 rings (SSSR count). The average Bonchev–Trinajstić information content (AvgIpc) is 3.66. The first-order valence-corrected chi connectivity index (χ1v) is 16.7. The van der Waals surface area contributed by atoms with E-state index in [1.54, 1.807) is 17.0 Å². The van der Waals surface area contributed by atoms with E-state index in [1.807, 2.05) is 59.7 Å². The number of hydrogen-bond acceptors (Lipinski definition) is 0. The number of hydrogen-bond donors (Lipinski definition) is 0. The molecule has 0 N–H and O–H groups in total. The van der Waals surface area contributed by atoms with Gasteiger partial charge in [0.05, 0.1) is 0 Å². The van der Waals surface area contributed by atoms with Crippen LogP contribution in [0.1, 0.15) is 82.4 Å². The molecule has 0 radical (unpaired) electrons. The van der Waals surface area contributed by atoms with Crippen LogP contribution < -0.4 is 0 Å². The molecule has 3 aromatic carbocycles. The Morgan fingerprint density at radius 2 is 1.67 bits per heavy atom. The van der Waals surface area contributed by atoms with Crippen LogP contribution in [0.5, 0.6) is 0 Å². The summed E-state index contributed by atoms with van der Waals surface area (Å²) in [6.45, 7) is 12.0. The van der Waals surface area contributed by atoms with Crippen molar-refractivity contribution in [3.05, 3.63) is 119 Å². The quantitative estimate of drug-likeness (QED) is 0.227. The van der Waals surface area contributed by atoms with Gasteiger partial charge in [-0.3, -0.25) is 0 Å². The first-order chi connectivity index (χ1) is 18.9. The van der Waals surface area contributed by atoms with Crippen molar-refractivity contribution < 1.29 is 24.2 Å². The number of fused-ring (bicyclic) bond motifs is 7. The molecule has 5 unspecified atom stereocenters. The van der Waals surface area contributed by atoms with Gasteiger partial charge in [-0.05, 0) is 30.6 Å². The second-order valence-electron chi connectivity index (χ2n) is 12.5. The minimum atomic E-state index is 0.361. The Morgan fingerprint density at radius 1 is 0.974 bits per heavy atom. The summed E-state index contributed by atoms with van der Waals surface area (Å²) in [6, 6.07) is 30.2. The van der Waals surface area contributed by atoms with Crippen LogP contribution >= 0.6 is 0 Å². The van der Waals surface area contributed by atoms with Crippen LogP contribution in [0, 0.1) is 48.0 Å². The van der Waals surface area contributed by atoms with Crippen LogP contribution in [0.15, 0.2) is 90.0 Å². The fraction of sp³-hybridized carbons (Fsp3) is 0.447. The van der Waals surface area contributed by atoms with Gasteiger partial charge in [0.25, 0.3) is 0 Å². The summed E-state index contributed by atoms with van der Waals surface area (Å²) in [5, 5.41) is 0. The summed E-state index contributed by atoms with van der Waals surface area (Å²) in [6.07, 6.45) is 8.52. The van der Waals surface area contributed by atoms with Gasteiger partial charge >= 0.3 is 28.4 Å². The van der Waals surface area contributed by atoms with Gasteiger partial charge in [-0.2, -0.15) is 54.1 Å². The van der Waals surface area contributed by atoms with E-state index in [9.17, 15) is 0 Å². The fourth-order valence-electron chi connectivity index (χ4n) is 7.81. The third-order valence-corrected chi connectivity index (χ3v) is 10.3. The summed E-state index contributed by atoms with van der Waals surface area (Å²) in [7, 11) is 0. The van der Waals surface area contributed by atoms with E-state index in [-0.39, 0.29) is 0 Å². The van der Waals surface area contributed by atoms with E-state index in [0.717, 1.165) is 29.6 Å². The Morgan fingerprint density at radius 3 is 2.26 bits per heavy atom. The first-order valence-electron chi connectivity index (χ1n) is 15.0. The van der Waals surface area contributed by atoms with Gasteiger partial charge in [-0.1, -0.05) is 106 Å². The van der Waals surface area contributed by atoms with E-state index in [0.29, 0.717) is 5.41 Å². The van der Waals surface area contributed by atoms with E-state index in [4.69, 9.17) is 0 Å². The zero-order chi connectivity index (χ0) is 28.0. The maximum atomic E-state index is 3.34. The van der Waals surface area contributed by atoms with E-state index >= 15 is 0 Å². The summed E-state index contributed by atoms with van der Waals surface area (Å²) >= 11 is 1.30. The number of benzene rings is 2. The van der Waals surface area contributed by atoms with Crippen LogP contribution in [0.25, 0.3) is 0 Å². The monoisotopic (exact) mass is 593 g/mol. The van der Waals surface area contributed by atoms with Crippen LogP contribution in [0.3, 0.4) is 0 Å². The predicted molar refractivity (Wildman–Crippen MR) is 165 cm³/mol. The van der Waals surface area contributed by atoms with Crippen molar-refractivity contribution >= 4 is 4.21 Å². The molecule has 2 saturated carbocycles. The van der Waals surface area contributed by atoms with Crippen molar-refractivity contribution in [1.82, 2.24) is 0 Å². The molecular formula is C38H47Zr-3. The molecule has 0 spiro atoms. The van der Waals surface area contributed by atoms with Gasteiger partial charge < -0.3 is 0 Å². The van der Waals surface area contributed by atoms with Crippen molar-refractivity contribution in [1.29, 1.82) is 0 Å². The smallest absolute Gasteiger partial charge is 0.172 e. The molecule has 0 aliphatic heterocycles. The molecule has 39 heavy (non-hydrogen) atoms. The first kappa shape index (κ1) is 30.1. The standard InChI is InChI=1S/C25H33.C7H7.C5H5.CH2.Zr/c1-15-13-21-19-11-7-8-12-20(19)24-18-10-6-5-9-17(18)14-22(24)23(21)16(2)25(15,3)4;1-7-5-3-2-4-6-7;1-2-4-5-3-1;;/h5-6,9-10,15,19-21,24H,7-8,11-14H2,1-4H3;2-3,5-6H,1H3;1-5H;1H2;/q3*-1;;. The average molecular weight is 595 g/mol. The molecule has 0 bridgehead atoms. The predicted octanol–water partition coefficient (Wildman–Crippen LogP) is 9.89. The van der Waals surface area contributed by atoms with Gasteiger partial charge in [-0.15, -0.1) is 6.92 Å². The van der Waals surface area contributed by atoms with Gasteiger partial charge in [0.15, 0.2) is 0 Å². The van der Waals surface area contributed by atoms with Crippen molar-refractivity contribution in [2.24, 2.45) is 29.1 Å². The molecular weight excluding hydrogens is 548 g/mol. The van der Waals surface area contributed by atoms with Crippen LogP contribution in [0.4, 0.5) is 0 Å². The van der Waals surface area contributed by atoms with Crippen molar-refractivity contribution in [3.8, 4) is 0 Å². The molecule has 0 nitrogen and oxygen atoms in total. The Labute approximate surface area is 254 Å². The van der Waals surface area contributed by atoms with E-state index < -0.39 is 0 Å².